The summed E-state index contributed by atoms with van der Waals surface area (Å²) in [7, 11) is -4.05. The third-order valence-electron chi connectivity index (χ3n) is 5.62. The Morgan fingerprint density at radius 3 is 2.59 bits per heavy atom. The minimum absolute atomic E-state index is 0.0269. The number of aromatic amines is 2. The molecule has 0 fully saturated rings. The van der Waals surface area contributed by atoms with E-state index in [0.717, 1.165) is 16.7 Å². The minimum Gasteiger partial charge on any atom is -0.322 e. The highest BCUT2D eigenvalue weighted by Gasteiger charge is 2.32. The lowest BCUT2D eigenvalue weighted by Crippen LogP contribution is -2.33. The molecule has 2 atom stereocenters. The van der Waals surface area contributed by atoms with Gasteiger partial charge in [-0.2, -0.15) is 9.94 Å². The Hall–Kier alpha value is -3.08. The first-order valence-electron chi connectivity index (χ1n) is 9.82. The summed E-state index contributed by atoms with van der Waals surface area (Å²) in [5.41, 5.74) is 2.89. The molecule has 0 saturated heterocycles. The Morgan fingerprint density at radius 2 is 1.88 bits per heavy atom. The van der Waals surface area contributed by atoms with Gasteiger partial charge < -0.3 is 4.98 Å². The summed E-state index contributed by atoms with van der Waals surface area (Å²) in [5, 5.41) is 15.0. The summed E-state index contributed by atoms with van der Waals surface area (Å²) in [4.78, 5) is 14.3. The molecule has 0 saturated carbocycles. The first-order chi connectivity index (χ1) is 15.2. The van der Waals surface area contributed by atoms with Crippen molar-refractivity contribution in [2.75, 3.05) is 0 Å². The van der Waals surface area contributed by atoms with Crippen LogP contribution in [0.4, 0.5) is 0 Å². The van der Waals surface area contributed by atoms with Gasteiger partial charge in [0.1, 0.15) is 0 Å². The topological polar surface area (TPSA) is 133 Å². The second kappa shape index (κ2) is 8.45. The number of hydrogen-bond donors (Lipinski definition) is 3. The molecule has 0 aliphatic heterocycles. The highest BCUT2D eigenvalue weighted by atomic mass is 35.5. The van der Waals surface area contributed by atoms with E-state index in [9.17, 15) is 13.2 Å². The van der Waals surface area contributed by atoms with Crippen molar-refractivity contribution in [1.82, 2.24) is 30.3 Å². The molecular formula is C21H21ClN6O3S. The fourth-order valence-electron chi connectivity index (χ4n) is 3.83. The second-order valence-corrected chi connectivity index (χ2v) is 9.69. The van der Waals surface area contributed by atoms with E-state index in [2.05, 4.69) is 30.3 Å². The van der Waals surface area contributed by atoms with E-state index in [0.29, 0.717) is 15.9 Å². The van der Waals surface area contributed by atoms with Gasteiger partial charge in [0.2, 0.25) is 15.6 Å². The lowest BCUT2D eigenvalue weighted by Gasteiger charge is -2.26. The molecule has 2 heterocycles. The van der Waals surface area contributed by atoms with Crippen molar-refractivity contribution in [3.8, 4) is 0 Å². The monoisotopic (exact) mass is 472 g/mol. The third kappa shape index (κ3) is 4.04. The van der Waals surface area contributed by atoms with Gasteiger partial charge >= 0.3 is 0 Å². The van der Waals surface area contributed by atoms with E-state index in [1.54, 1.807) is 18.2 Å². The summed E-state index contributed by atoms with van der Waals surface area (Å²) < 4.78 is 29.7. The summed E-state index contributed by atoms with van der Waals surface area (Å²) in [6, 6.07) is 10.3. The van der Waals surface area contributed by atoms with E-state index in [1.165, 1.54) is 18.2 Å². The maximum atomic E-state index is 13.5. The van der Waals surface area contributed by atoms with E-state index >= 15 is 0 Å². The van der Waals surface area contributed by atoms with Crippen molar-refractivity contribution in [2.24, 2.45) is 0 Å². The molecule has 0 spiro atoms. The van der Waals surface area contributed by atoms with Crippen LogP contribution in [0.2, 0.25) is 5.02 Å². The first-order valence-corrected chi connectivity index (χ1v) is 11.7. The van der Waals surface area contributed by atoms with Crippen molar-refractivity contribution in [3.05, 3.63) is 80.4 Å². The van der Waals surface area contributed by atoms with Crippen LogP contribution in [0.15, 0.2) is 52.2 Å². The molecule has 2 unspecified atom stereocenters. The Kier molecular flexibility index (Phi) is 5.85. The number of rotatable bonds is 6. The van der Waals surface area contributed by atoms with Crippen molar-refractivity contribution in [2.45, 2.75) is 37.6 Å². The number of aromatic nitrogens is 5. The van der Waals surface area contributed by atoms with Gasteiger partial charge in [0.15, 0.2) is 5.82 Å². The highest BCUT2D eigenvalue weighted by Crippen LogP contribution is 2.37. The van der Waals surface area contributed by atoms with Gasteiger partial charge in [-0.05, 0) is 54.8 Å². The minimum atomic E-state index is -4.05. The van der Waals surface area contributed by atoms with Gasteiger partial charge in [0, 0.05) is 27.9 Å². The second-order valence-electron chi connectivity index (χ2n) is 7.60. The zero-order valence-corrected chi connectivity index (χ0v) is 19.1. The van der Waals surface area contributed by atoms with Gasteiger partial charge in [0.05, 0.1) is 10.9 Å². The number of benzene rings is 2. The summed E-state index contributed by atoms with van der Waals surface area (Å²) in [6.07, 6.45) is 0. The predicted octanol–water partition coefficient (Wildman–Crippen LogP) is 3.13. The molecule has 4 rings (SSSR count). The zero-order chi connectivity index (χ0) is 23.0. The molecule has 32 heavy (non-hydrogen) atoms. The Labute approximate surface area is 189 Å². The largest absolute Gasteiger partial charge is 0.322 e. The van der Waals surface area contributed by atoms with Crippen molar-refractivity contribution in [3.63, 3.8) is 0 Å². The molecule has 4 aromatic rings. The van der Waals surface area contributed by atoms with Gasteiger partial charge in [0.25, 0.3) is 0 Å². The number of sulfonamides is 1. The number of hydrogen-bond acceptors (Lipinski definition) is 6. The molecule has 0 aliphatic carbocycles. The lowest BCUT2D eigenvalue weighted by molar-refractivity contribution is 0.496. The number of nitrogens with zero attached hydrogens (tertiary/aromatic N) is 3. The average molecular weight is 473 g/mol. The molecule has 166 valence electrons. The first kappa shape index (κ1) is 22.1. The van der Waals surface area contributed by atoms with Gasteiger partial charge in [-0.3, -0.25) is 4.79 Å². The molecule has 0 amide bonds. The van der Waals surface area contributed by atoms with Crippen LogP contribution in [-0.4, -0.2) is 34.0 Å². The smallest absolute Gasteiger partial charge is 0.248 e. The highest BCUT2D eigenvalue weighted by molar-refractivity contribution is 7.89. The Morgan fingerprint density at radius 1 is 1.09 bits per heavy atom. The Bertz CT molecular complexity index is 1450. The molecule has 2 aromatic heterocycles. The lowest BCUT2D eigenvalue weighted by atomic mass is 9.88. The number of tetrazole rings is 1. The molecule has 2 aromatic carbocycles. The molecule has 0 aliphatic rings. The van der Waals surface area contributed by atoms with E-state index in [1.807, 2.05) is 26.8 Å². The van der Waals surface area contributed by atoms with Gasteiger partial charge in [-0.15, -0.1) is 10.2 Å². The summed E-state index contributed by atoms with van der Waals surface area (Å²) in [6.45, 7) is 5.76. The molecule has 0 radical (unpaired) electrons. The van der Waals surface area contributed by atoms with Gasteiger partial charge in [-0.25, -0.2) is 8.42 Å². The summed E-state index contributed by atoms with van der Waals surface area (Å²) >= 11 is 6.51. The average Bonchev–Trinajstić information content (AvgIpc) is 3.29. The van der Waals surface area contributed by atoms with Crippen LogP contribution in [-0.2, 0) is 10.0 Å². The van der Waals surface area contributed by atoms with E-state index in [-0.39, 0.29) is 16.3 Å². The number of aryl methyl sites for hydroxylation is 1. The van der Waals surface area contributed by atoms with E-state index in [4.69, 9.17) is 11.6 Å². The number of halogens is 1. The van der Waals surface area contributed by atoms with Crippen molar-refractivity contribution >= 4 is 32.5 Å². The van der Waals surface area contributed by atoms with Crippen molar-refractivity contribution in [1.29, 1.82) is 0 Å². The van der Waals surface area contributed by atoms with Crippen molar-refractivity contribution < 1.29 is 8.42 Å². The zero-order valence-electron chi connectivity index (χ0n) is 17.5. The molecular weight excluding hydrogens is 452 g/mol. The quantitative estimate of drug-likeness (QED) is 0.394. The predicted molar refractivity (Wildman–Crippen MR) is 121 cm³/mol. The number of nitrogens with one attached hydrogen (secondary N) is 3. The van der Waals surface area contributed by atoms with Crippen LogP contribution < -0.4 is 10.3 Å². The fraction of sp³-hybridized carbons (Fsp3) is 0.238. The van der Waals surface area contributed by atoms with E-state index < -0.39 is 22.0 Å². The SMILES string of the molecule is Cc1ccc(Cl)c(C(C)C(NS(=O)(=O)c2cccc3[nH]c(=O)ccc23)c2nn[nH]n2)c1C. The standard InChI is InChI=1S/C21H21ClN6O3S/c1-11-7-9-15(22)19(12(11)2)13(3)20(21-24-27-28-25-21)26-32(30,31)17-6-4-5-16-14(17)8-10-18(29)23-16/h4-10,13,20,26H,1-3H3,(H,23,29)(H,24,25,27,28). The number of H-pyrrole nitrogens is 2. The Balaban J connectivity index is 1.82. The van der Waals surface area contributed by atoms with Crippen LogP contribution >= 0.6 is 11.6 Å². The normalized spacial score (nSPS) is 13.9. The van der Waals surface area contributed by atoms with Crippen LogP contribution in [0.3, 0.4) is 0 Å². The van der Waals surface area contributed by atoms with Crippen LogP contribution in [0.1, 0.15) is 41.4 Å². The number of pyridine rings is 1. The maximum Gasteiger partial charge on any atom is 0.248 e. The van der Waals surface area contributed by atoms with Crippen LogP contribution in [0.25, 0.3) is 10.9 Å². The van der Waals surface area contributed by atoms with Crippen LogP contribution in [0, 0.1) is 13.8 Å². The van der Waals surface area contributed by atoms with Crippen LogP contribution in [0.5, 0.6) is 0 Å². The molecule has 3 N–H and O–H groups in total. The maximum absolute atomic E-state index is 13.5. The fourth-order valence-corrected chi connectivity index (χ4v) is 5.71. The third-order valence-corrected chi connectivity index (χ3v) is 7.45. The molecule has 0 bridgehead atoms. The molecule has 11 heteroatoms. The van der Waals surface area contributed by atoms with Gasteiger partial charge in [-0.1, -0.05) is 35.9 Å². The summed E-state index contributed by atoms with van der Waals surface area (Å²) in [5.74, 6) is -0.226. The molecule has 9 nitrogen and oxygen atoms in total. The number of fused-ring (bicyclic) bond motifs is 1.